The molecule has 0 spiro atoms. The third kappa shape index (κ3) is 10.1. The van der Waals surface area contributed by atoms with E-state index < -0.39 is 0 Å². The molecule has 1 heterocycles. The standard InChI is InChI=1S/C17H30N2.ClH/c1-2-3-4-5-6-7-8-9-10-11-14-19-15-12-17(18)13-16-19;/h12-13,15-16,18H,2-11,14H2,1H3;1H. The van der Waals surface area contributed by atoms with Crippen molar-refractivity contribution in [1.29, 1.82) is 5.41 Å². The minimum Gasteiger partial charge on any atom is -0.354 e. The van der Waals surface area contributed by atoms with Crippen LogP contribution in [0.5, 0.6) is 0 Å². The monoisotopic (exact) mass is 298 g/mol. The molecule has 0 aromatic carbocycles. The molecule has 0 amide bonds. The Kier molecular flexibility index (Phi) is 12.7. The summed E-state index contributed by atoms with van der Waals surface area (Å²) in [5.41, 5.74) is 0. The van der Waals surface area contributed by atoms with Gasteiger partial charge < -0.3 is 9.98 Å². The van der Waals surface area contributed by atoms with E-state index in [1.165, 1.54) is 64.2 Å². The molecule has 0 aliphatic carbocycles. The summed E-state index contributed by atoms with van der Waals surface area (Å²) in [6.07, 6.45) is 17.9. The number of aryl methyl sites for hydroxylation is 1. The van der Waals surface area contributed by atoms with E-state index in [1.807, 2.05) is 24.5 Å². The van der Waals surface area contributed by atoms with E-state index in [0.717, 1.165) is 6.54 Å². The summed E-state index contributed by atoms with van der Waals surface area (Å²) >= 11 is 0. The molecule has 1 N–H and O–H groups in total. The second-order valence-corrected chi connectivity index (χ2v) is 5.51. The minimum absolute atomic E-state index is 0. The third-order valence-corrected chi connectivity index (χ3v) is 3.66. The van der Waals surface area contributed by atoms with Gasteiger partial charge in [0, 0.05) is 18.9 Å². The fourth-order valence-corrected chi connectivity index (χ4v) is 2.39. The van der Waals surface area contributed by atoms with Crippen LogP contribution >= 0.6 is 12.4 Å². The lowest BCUT2D eigenvalue weighted by Gasteiger charge is -2.06. The van der Waals surface area contributed by atoms with Crippen molar-refractivity contribution in [1.82, 2.24) is 4.57 Å². The number of nitrogens with one attached hydrogen (secondary N) is 1. The van der Waals surface area contributed by atoms with Crippen molar-refractivity contribution in [2.45, 2.75) is 77.7 Å². The normalized spacial score (nSPS) is 10.2. The van der Waals surface area contributed by atoms with Crippen molar-refractivity contribution < 1.29 is 0 Å². The molecule has 0 aliphatic rings. The molecule has 0 bridgehead atoms. The van der Waals surface area contributed by atoms with Gasteiger partial charge in [-0.15, -0.1) is 12.4 Å². The van der Waals surface area contributed by atoms with E-state index in [9.17, 15) is 0 Å². The first kappa shape index (κ1) is 19.2. The number of pyridine rings is 1. The Labute approximate surface area is 130 Å². The Balaban J connectivity index is 0.00000361. The smallest absolute Gasteiger partial charge is 0.0568 e. The molecule has 0 unspecified atom stereocenters. The maximum absolute atomic E-state index is 7.43. The zero-order chi connectivity index (χ0) is 13.8. The number of unbranched alkanes of at least 4 members (excludes halogenated alkanes) is 9. The van der Waals surface area contributed by atoms with E-state index in [0.29, 0.717) is 5.36 Å². The third-order valence-electron chi connectivity index (χ3n) is 3.66. The zero-order valence-corrected chi connectivity index (χ0v) is 13.8. The molecule has 0 atom stereocenters. The molecule has 1 aromatic rings. The quantitative estimate of drug-likeness (QED) is 0.536. The van der Waals surface area contributed by atoms with Gasteiger partial charge in [-0.1, -0.05) is 64.7 Å². The first-order chi connectivity index (χ1) is 9.33. The van der Waals surface area contributed by atoms with E-state index in [-0.39, 0.29) is 12.4 Å². The molecular weight excluding hydrogens is 268 g/mol. The maximum Gasteiger partial charge on any atom is 0.0568 e. The fraction of sp³-hybridized carbons (Fsp3) is 0.706. The number of hydrogen-bond donors (Lipinski definition) is 1. The van der Waals surface area contributed by atoms with Gasteiger partial charge in [0.25, 0.3) is 0 Å². The second-order valence-electron chi connectivity index (χ2n) is 5.51. The van der Waals surface area contributed by atoms with Gasteiger partial charge in [0.05, 0.1) is 5.36 Å². The summed E-state index contributed by atoms with van der Waals surface area (Å²) in [5.74, 6) is 0. The van der Waals surface area contributed by atoms with Crippen LogP contribution in [0.2, 0.25) is 0 Å². The maximum atomic E-state index is 7.43. The Bertz CT molecular complexity index is 353. The van der Waals surface area contributed by atoms with E-state index in [2.05, 4.69) is 11.5 Å². The predicted octanol–water partition coefficient (Wildman–Crippen LogP) is 5.31. The van der Waals surface area contributed by atoms with Crippen LogP contribution in [0.1, 0.15) is 71.1 Å². The summed E-state index contributed by atoms with van der Waals surface area (Å²) in [6.45, 7) is 3.37. The van der Waals surface area contributed by atoms with Crippen LogP contribution in [-0.4, -0.2) is 4.57 Å². The van der Waals surface area contributed by atoms with E-state index in [1.54, 1.807) is 0 Å². The first-order valence-corrected chi connectivity index (χ1v) is 8.03. The van der Waals surface area contributed by atoms with Crippen LogP contribution in [0.15, 0.2) is 24.5 Å². The lowest BCUT2D eigenvalue weighted by atomic mass is 10.1. The highest BCUT2D eigenvalue weighted by Crippen LogP contribution is 2.10. The van der Waals surface area contributed by atoms with Crippen LogP contribution in [-0.2, 0) is 6.54 Å². The summed E-state index contributed by atoms with van der Waals surface area (Å²) in [4.78, 5) is 0. The molecule has 0 fully saturated rings. The van der Waals surface area contributed by atoms with Gasteiger partial charge in [-0.3, -0.25) is 0 Å². The molecule has 0 saturated carbocycles. The average Bonchev–Trinajstić information content (AvgIpc) is 2.43. The van der Waals surface area contributed by atoms with Gasteiger partial charge in [-0.2, -0.15) is 0 Å². The van der Waals surface area contributed by atoms with Crippen LogP contribution in [0.25, 0.3) is 0 Å². The Morgan fingerprint density at radius 1 is 0.800 bits per heavy atom. The lowest BCUT2D eigenvalue weighted by molar-refractivity contribution is 0.534. The molecule has 0 aliphatic heterocycles. The summed E-state index contributed by atoms with van der Waals surface area (Å²) in [7, 11) is 0. The number of aromatic nitrogens is 1. The van der Waals surface area contributed by atoms with Crippen LogP contribution in [0.4, 0.5) is 0 Å². The van der Waals surface area contributed by atoms with Gasteiger partial charge in [0.2, 0.25) is 0 Å². The van der Waals surface area contributed by atoms with Gasteiger partial charge in [-0.05, 0) is 18.6 Å². The largest absolute Gasteiger partial charge is 0.354 e. The predicted molar refractivity (Wildman–Crippen MR) is 89.4 cm³/mol. The van der Waals surface area contributed by atoms with E-state index >= 15 is 0 Å². The average molecular weight is 299 g/mol. The van der Waals surface area contributed by atoms with Gasteiger partial charge in [0.1, 0.15) is 0 Å². The summed E-state index contributed by atoms with van der Waals surface area (Å²) in [6, 6.07) is 3.71. The molecule has 0 saturated heterocycles. The highest BCUT2D eigenvalue weighted by atomic mass is 35.5. The topological polar surface area (TPSA) is 28.8 Å². The van der Waals surface area contributed by atoms with E-state index in [4.69, 9.17) is 5.41 Å². The number of rotatable bonds is 11. The van der Waals surface area contributed by atoms with Gasteiger partial charge in [-0.25, -0.2) is 0 Å². The zero-order valence-electron chi connectivity index (χ0n) is 12.9. The number of nitrogens with zero attached hydrogens (tertiary/aromatic N) is 1. The minimum atomic E-state index is 0. The highest BCUT2D eigenvalue weighted by molar-refractivity contribution is 5.85. The van der Waals surface area contributed by atoms with Crippen molar-refractivity contribution in [2.24, 2.45) is 0 Å². The van der Waals surface area contributed by atoms with Crippen molar-refractivity contribution >= 4 is 12.4 Å². The fourth-order valence-electron chi connectivity index (χ4n) is 2.39. The van der Waals surface area contributed by atoms with Gasteiger partial charge >= 0.3 is 0 Å². The molecule has 3 heteroatoms. The first-order valence-electron chi connectivity index (χ1n) is 8.03. The summed E-state index contributed by atoms with van der Waals surface area (Å²) < 4.78 is 2.18. The second kappa shape index (κ2) is 13.2. The van der Waals surface area contributed by atoms with Crippen molar-refractivity contribution in [3.05, 3.63) is 29.9 Å². The van der Waals surface area contributed by atoms with Crippen molar-refractivity contribution in [3.63, 3.8) is 0 Å². The molecule has 20 heavy (non-hydrogen) atoms. The lowest BCUT2D eigenvalue weighted by Crippen LogP contribution is -2.03. The molecule has 1 rings (SSSR count). The van der Waals surface area contributed by atoms with Crippen LogP contribution < -0.4 is 5.36 Å². The molecule has 2 nitrogen and oxygen atoms in total. The molecule has 0 radical (unpaired) electrons. The summed E-state index contributed by atoms with van der Waals surface area (Å²) in [5, 5.41) is 8.02. The molecule has 1 aromatic heterocycles. The Morgan fingerprint density at radius 2 is 1.25 bits per heavy atom. The number of halogens is 1. The SMILES string of the molecule is CCCCCCCCCCCCn1ccc(=N)cc1.Cl. The van der Waals surface area contributed by atoms with Crippen molar-refractivity contribution in [3.8, 4) is 0 Å². The van der Waals surface area contributed by atoms with Crippen molar-refractivity contribution in [2.75, 3.05) is 0 Å². The number of hydrogen-bond acceptors (Lipinski definition) is 1. The molecule has 116 valence electrons. The highest BCUT2D eigenvalue weighted by Gasteiger charge is 1.93. The van der Waals surface area contributed by atoms with Crippen LogP contribution in [0.3, 0.4) is 0 Å². The Morgan fingerprint density at radius 3 is 1.75 bits per heavy atom. The van der Waals surface area contributed by atoms with Gasteiger partial charge in [0.15, 0.2) is 0 Å². The van der Waals surface area contributed by atoms with Crippen LogP contribution in [0, 0.1) is 5.41 Å². The Hall–Kier alpha value is -0.760. The molecular formula is C17H31ClN2.